The minimum absolute atomic E-state index is 0.00862. The summed E-state index contributed by atoms with van der Waals surface area (Å²) in [6, 6.07) is 10.9. The third-order valence-electron chi connectivity index (χ3n) is 2.82. The highest BCUT2D eigenvalue weighted by molar-refractivity contribution is 6.15. The minimum Gasteiger partial charge on any atom is -0.360 e. The molecule has 0 amide bonds. The van der Waals surface area contributed by atoms with Gasteiger partial charge in [-0.05, 0) is 12.1 Å². The fourth-order valence-corrected chi connectivity index (χ4v) is 1.94. The van der Waals surface area contributed by atoms with E-state index in [0.29, 0.717) is 5.56 Å². The van der Waals surface area contributed by atoms with Gasteiger partial charge in [-0.3, -0.25) is 4.79 Å². The van der Waals surface area contributed by atoms with Crippen LogP contribution in [0.25, 0.3) is 10.9 Å². The molecule has 0 spiro atoms. The van der Waals surface area contributed by atoms with Gasteiger partial charge in [0.05, 0.1) is 0 Å². The van der Waals surface area contributed by atoms with E-state index in [4.69, 9.17) is 5.26 Å². The fraction of sp³-hybridized carbons (Fsp3) is 0. The summed E-state index contributed by atoms with van der Waals surface area (Å²) in [5, 5.41) is 9.59. The molecule has 0 fully saturated rings. The second-order valence-electron chi connectivity index (χ2n) is 3.95. The second kappa shape index (κ2) is 4.35. The molecule has 2 heterocycles. The van der Waals surface area contributed by atoms with Crippen molar-refractivity contribution in [2.45, 2.75) is 0 Å². The summed E-state index contributed by atoms with van der Waals surface area (Å²) in [6.45, 7) is 0. The van der Waals surface area contributed by atoms with Gasteiger partial charge in [-0.25, -0.2) is 9.97 Å². The van der Waals surface area contributed by atoms with Crippen molar-refractivity contribution in [3.05, 3.63) is 59.8 Å². The SMILES string of the molecule is N#Cc1nccc(C(=O)c2c[nH]c3ccccc23)n1. The largest absolute Gasteiger partial charge is 0.360 e. The average Bonchev–Trinajstić information content (AvgIpc) is 2.90. The Morgan fingerprint density at radius 3 is 2.95 bits per heavy atom. The topological polar surface area (TPSA) is 82.4 Å². The number of benzene rings is 1. The molecule has 3 aromatic rings. The number of nitrogens with one attached hydrogen (secondary N) is 1. The van der Waals surface area contributed by atoms with E-state index >= 15 is 0 Å². The van der Waals surface area contributed by atoms with Crippen molar-refractivity contribution in [2.24, 2.45) is 0 Å². The van der Waals surface area contributed by atoms with Crippen LogP contribution >= 0.6 is 0 Å². The highest BCUT2D eigenvalue weighted by atomic mass is 16.1. The number of carbonyl (C=O) groups is 1. The molecule has 90 valence electrons. The van der Waals surface area contributed by atoms with Crippen molar-refractivity contribution in [1.29, 1.82) is 5.26 Å². The molecule has 0 saturated heterocycles. The molecule has 0 saturated carbocycles. The van der Waals surface area contributed by atoms with Crippen LogP contribution in [-0.2, 0) is 0 Å². The third-order valence-corrected chi connectivity index (χ3v) is 2.82. The first-order chi connectivity index (χ1) is 9.29. The molecule has 0 radical (unpaired) electrons. The molecule has 19 heavy (non-hydrogen) atoms. The molecule has 1 N–H and O–H groups in total. The zero-order chi connectivity index (χ0) is 13.2. The van der Waals surface area contributed by atoms with Crippen LogP contribution in [0.2, 0.25) is 0 Å². The Bertz CT molecular complexity index is 813. The predicted octanol–water partition coefficient (Wildman–Crippen LogP) is 2.06. The van der Waals surface area contributed by atoms with Gasteiger partial charge in [0, 0.05) is 28.9 Å². The molecular weight excluding hydrogens is 240 g/mol. The maximum Gasteiger partial charge on any atom is 0.232 e. The number of nitriles is 1. The molecule has 0 aliphatic rings. The molecule has 0 atom stereocenters. The van der Waals surface area contributed by atoms with Crippen molar-refractivity contribution in [2.75, 3.05) is 0 Å². The molecular formula is C14H8N4O. The number of aromatic nitrogens is 3. The number of ketones is 1. The smallest absolute Gasteiger partial charge is 0.232 e. The van der Waals surface area contributed by atoms with Crippen LogP contribution in [0.4, 0.5) is 0 Å². The van der Waals surface area contributed by atoms with Gasteiger partial charge in [0.1, 0.15) is 11.8 Å². The zero-order valence-electron chi connectivity index (χ0n) is 9.79. The number of nitrogens with zero attached hydrogens (tertiary/aromatic N) is 3. The summed E-state index contributed by atoms with van der Waals surface area (Å²) in [4.78, 5) is 23.1. The molecule has 1 aromatic carbocycles. The Morgan fingerprint density at radius 1 is 1.26 bits per heavy atom. The lowest BCUT2D eigenvalue weighted by Crippen LogP contribution is -2.05. The second-order valence-corrected chi connectivity index (χ2v) is 3.95. The molecule has 3 rings (SSSR count). The van der Waals surface area contributed by atoms with E-state index < -0.39 is 0 Å². The van der Waals surface area contributed by atoms with E-state index in [1.807, 2.05) is 30.3 Å². The van der Waals surface area contributed by atoms with Crippen molar-refractivity contribution in [3.8, 4) is 6.07 Å². The first-order valence-electron chi connectivity index (χ1n) is 5.63. The van der Waals surface area contributed by atoms with Gasteiger partial charge < -0.3 is 4.98 Å². The summed E-state index contributed by atoms with van der Waals surface area (Å²) in [6.07, 6.45) is 3.06. The fourth-order valence-electron chi connectivity index (χ4n) is 1.94. The van der Waals surface area contributed by atoms with Crippen LogP contribution in [0.1, 0.15) is 21.9 Å². The number of fused-ring (bicyclic) bond motifs is 1. The van der Waals surface area contributed by atoms with Gasteiger partial charge in [0.2, 0.25) is 11.6 Å². The van der Waals surface area contributed by atoms with Crippen molar-refractivity contribution >= 4 is 16.7 Å². The number of hydrogen-bond donors (Lipinski definition) is 1. The van der Waals surface area contributed by atoms with Gasteiger partial charge in [-0.2, -0.15) is 5.26 Å². The lowest BCUT2D eigenvalue weighted by molar-refractivity contribution is 0.103. The highest BCUT2D eigenvalue weighted by Crippen LogP contribution is 2.20. The Labute approximate surface area is 108 Å². The van der Waals surface area contributed by atoms with Crippen LogP contribution in [0.15, 0.2) is 42.7 Å². The predicted molar refractivity (Wildman–Crippen MR) is 68.5 cm³/mol. The first kappa shape index (κ1) is 11.1. The number of H-pyrrole nitrogens is 1. The Morgan fingerprint density at radius 2 is 2.11 bits per heavy atom. The molecule has 5 nitrogen and oxygen atoms in total. The van der Waals surface area contributed by atoms with E-state index in [1.54, 1.807) is 6.20 Å². The van der Waals surface area contributed by atoms with Crippen LogP contribution in [0.3, 0.4) is 0 Å². The van der Waals surface area contributed by atoms with E-state index in [-0.39, 0.29) is 17.3 Å². The molecule has 5 heteroatoms. The van der Waals surface area contributed by atoms with Gasteiger partial charge in [0.25, 0.3) is 0 Å². The van der Waals surface area contributed by atoms with Crippen LogP contribution in [0.5, 0.6) is 0 Å². The van der Waals surface area contributed by atoms with E-state index in [2.05, 4.69) is 15.0 Å². The average molecular weight is 248 g/mol. The normalized spacial score (nSPS) is 10.3. The van der Waals surface area contributed by atoms with E-state index in [9.17, 15) is 4.79 Å². The number of rotatable bonds is 2. The Kier molecular flexibility index (Phi) is 2.54. The number of carbonyl (C=O) groups excluding carboxylic acids is 1. The van der Waals surface area contributed by atoms with Crippen LogP contribution in [-0.4, -0.2) is 20.7 Å². The van der Waals surface area contributed by atoms with Crippen molar-refractivity contribution < 1.29 is 4.79 Å². The number of para-hydroxylation sites is 1. The Balaban J connectivity index is 2.11. The number of aromatic amines is 1. The highest BCUT2D eigenvalue weighted by Gasteiger charge is 2.15. The lowest BCUT2D eigenvalue weighted by atomic mass is 10.1. The zero-order valence-corrected chi connectivity index (χ0v) is 9.79. The lowest BCUT2D eigenvalue weighted by Gasteiger charge is -1.98. The van der Waals surface area contributed by atoms with E-state index in [1.165, 1.54) is 12.3 Å². The standard InChI is InChI=1S/C14H8N4O/c15-7-13-16-6-5-12(18-13)14(19)10-8-17-11-4-2-1-3-9(10)11/h1-6,8,17H. The van der Waals surface area contributed by atoms with Gasteiger partial charge in [0.15, 0.2) is 0 Å². The van der Waals surface area contributed by atoms with Crippen molar-refractivity contribution in [3.63, 3.8) is 0 Å². The quantitative estimate of drug-likeness (QED) is 0.703. The molecule has 0 unspecified atom stereocenters. The van der Waals surface area contributed by atoms with Crippen molar-refractivity contribution in [1.82, 2.24) is 15.0 Å². The summed E-state index contributed by atoms with van der Waals surface area (Å²) in [7, 11) is 0. The summed E-state index contributed by atoms with van der Waals surface area (Å²) < 4.78 is 0. The van der Waals surface area contributed by atoms with E-state index in [0.717, 1.165) is 10.9 Å². The summed E-state index contributed by atoms with van der Waals surface area (Å²) in [5.41, 5.74) is 1.65. The molecule has 0 bridgehead atoms. The molecule has 2 aromatic heterocycles. The Hall–Kier alpha value is -3.00. The first-order valence-corrected chi connectivity index (χ1v) is 5.63. The monoisotopic (exact) mass is 248 g/mol. The van der Waals surface area contributed by atoms with Gasteiger partial charge in [-0.15, -0.1) is 0 Å². The maximum atomic E-state index is 12.4. The minimum atomic E-state index is -0.226. The summed E-state index contributed by atoms with van der Waals surface area (Å²) >= 11 is 0. The maximum absolute atomic E-state index is 12.4. The van der Waals surface area contributed by atoms with Gasteiger partial charge >= 0.3 is 0 Å². The molecule has 0 aliphatic heterocycles. The third kappa shape index (κ3) is 1.85. The van der Waals surface area contributed by atoms with Crippen LogP contribution in [0, 0.1) is 11.3 Å². The number of hydrogen-bond acceptors (Lipinski definition) is 4. The molecule has 0 aliphatic carbocycles. The van der Waals surface area contributed by atoms with Crippen LogP contribution < -0.4 is 0 Å². The van der Waals surface area contributed by atoms with Gasteiger partial charge in [-0.1, -0.05) is 18.2 Å². The summed E-state index contributed by atoms with van der Waals surface area (Å²) in [5.74, 6) is -0.234.